The van der Waals surface area contributed by atoms with E-state index >= 15 is 0 Å². The van der Waals surface area contributed by atoms with Gasteiger partial charge in [0.05, 0.1) is 27.7 Å². The molecule has 0 saturated carbocycles. The molecule has 0 unspecified atom stereocenters. The van der Waals surface area contributed by atoms with E-state index in [4.69, 9.17) is 21.6 Å². The summed E-state index contributed by atoms with van der Waals surface area (Å²) in [6.07, 6.45) is 0. The van der Waals surface area contributed by atoms with Crippen molar-refractivity contribution in [2.45, 2.75) is 19.8 Å². The maximum Gasteiger partial charge on any atom is 0.140 e. The molecule has 29 heavy (non-hydrogen) atoms. The highest BCUT2D eigenvalue weighted by Crippen LogP contribution is 2.31. The van der Waals surface area contributed by atoms with Crippen molar-refractivity contribution in [3.05, 3.63) is 94.3 Å². The Kier molecular flexibility index (Phi) is 5.48. The van der Waals surface area contributed by atoms with Crippen LogP contribution in [-0.4, -0.2) is 14.7 Å². The number of aliphatic hydroxyl groups is 1. The molecule has 0 atom stereocenters. The van der Waals surface area contributed by atoms with Crippen molar-refractivity contribution in [1.82, 2.24) is 9.55 Å². The van der Waals surface area contributed by atoms with Gasteiger partial charge in [0, 0.05) is 12.6 Å². The minimum Gasteiger partial charge on any atom is -0.487 e. The van der Waals surface area contributed by atoms with Crippen LogP contribution in [0.5, 0.6) is 5.75 Å². The molecule has 0 radical (unpaired) electrons. The molecule has 0 bridgehead atoms. The van der Waals surface area contributed by atoms with Crippen molar-refractivity contribution in [1.29, 1.82) is 5.26 Å². The predicted molar refractivity (Wildman–Crippen MR) is 112 cm³/mol. The summed E-state index contributed by atoms with van der Waals surface area (Å²) >= 11 is 6.40. The van der Waals surface area contributed by atoms with Crippen LogP contribution >= 0.6 is 11.6 Å². The van der Waals surface area contributed by atoms with Crippen LogP contribution in [0, 0.1) is 11.3 Å². The van der Waals surface area contributed by atoms with Gasteiger partial charge in [0.15, 0.2) is 0 Å². The smallest absolute Gasteiger partial charge is 0.140 e. The van der Waals surface area contributed by atoms with Crippen molar-refractivity contribution < 1.29 is 9.84 Å². The lowest BCUT2D eigenvalue weighted by atomic mass is 10.1. The van der Waals surface area contributed by atoms with Crippen molar-refractivity contribution in [3.63, 3.8) is 0 Å². The van der Waals surface area contributed by atoms with Gasteiger partial charge in [-0.2, -0.15) is 5.26 Å². The molecule has 0 amide bonds. The lowest BCUT2D eigenvalue weighted by molar-refractivity contribution is 0.267. The average Bonchev–Trinajstić information content (AvgIpc) is 3.09. The van der Waals surface area contributed by atoms with E-state index < -0.39 is 0 Å². The Morgan fingerprint density at radius 1 is 1.03 bits per heavy atom. The molecule has 5 nitrogen and oxygen atoms in total. The van der Waals surface area contributed by atoms with Gasteiger partial charge in [-0.05, 0) is 29.3 Å². The number of benzene rings is 3. The third-order valence-electron chi connectivity index (χ3n) is 4.68. The van der Waals surface area contributed by atoms with Gasteiger partial charge < -0.3 is 14.4 Å². The van der Waals surface area contributed by atoms with Crippen LogP contribution in [0.15, 0.2) is 66.7 Å². The Morgan fingerprint density at radius 3 is 2.48 bits per heavy atom. The monoisotopic (exact) mass is 403 g/mol. The van der Waals surface area contributed by atoms with E-state index in [1.54, 1.807) is 18.2 Å². The van der Waals surface area contributed by atoms with Gasteiger partial charge in [0.2, 0.25) is 0 Å². The summed E-state index contributed by atoms with van der Waals surface area (Å²) in [6.45, 7) is 0.726. The van der Waals surface area contributed by atoms with Crippen LogP contribution in [0.2, 0.25) is 5.02 Å². The molecule has 0 aliphatic carbocycles. The first-order valence-corrected chi connectivity index (χ1v) is 9.51. The molecular weight excluding hydrogens is 386 g/mol. The topological polar surface area (TPSA) is 71.1 Å². The second kappa shape index (κ2) is 8.36. The number of rotatable bonds is 6. The summed E-state index contributed by atoms with van der Waals surface area (Å²) in [4.78, 5) is 4.50. The molecule has 1 heterocycles. The molecule has 6 heteroatoms. The fourth-order valence-corrected chi connectivity index (χ4v) is 3.40. The second-order valence-electron chi connectivity index (χ2n) is 6.63. The number of nitrogens with zero attached hydrogens (tertiary/aromatic N) is 3. The van der Waals surface area contributed by atoms with E-state index in [0.717, 1.165) is 16.6 Å². The maximum absolute atomic E-state index is 9.78. The van der Waals surface area contributed by atoms with Crippen LogP contribution in [-0.2, 0) is 19.8 Å². The van der Waals surface area contributed by atoms with Crippen molar-refractivity contribution in [2.24, 2.45) is 0 Å². The van der Waals surface area contributed by atoms with Crippen molar-refractivity contribution >= 4 is 22.6 Å². The Balaban J connectivity index is 1.68. The number of halogens is 1. The van der Waals surface area contributed by atoms with Crippen LogP contribution < -0.4 is 4.74 Å². The molecule has 0 saturated heterocycles. The Hall–Kier alpha value is -3.33. The van der Waals surface area contributed by atoms with Crippen molar-refractivity contribution in [3.8, 4) is 11.8 Å². The lowest BCUT2D eigenvalue weighted by Crippen LogP contribution is -2.05. The molecule has 144 valence electrons. The lowest BCUT2D eigenvalue weighted by Gasteiger charge is -2.11. The third kappa shape index (κ3) is 4.09. The first kappa shape index (κ1) is 19.0. The van der Waals surface area contributed by atoms with E-state index in [-0.39, 0.29) is 6.61 Å². The molecule has 1 aromatic heterocycles. The molecule has 0 aliphatic rings. The zero-order chi connectivity index (χ0) is 20.2. The molecule has 1 N–H and O–H groups in total. The highest BCUT2D eigenvalue weighted by atomic mass is 35.5. The number of aromatic nitrogens is 2. The van der Waals surface area contributed by atoms with Gasteiger partial charge in [-0.15, -0.1) is 0 Å². The van der Waals surface area contributed by atoms with Crippen LogP contribution in [0.1, 0.15) is 22.5 Å². The summed E-state index contributed by atoms with van der Waals surface area (Å²) < 4.78 is 7.87. The fraction of sp³-hybridized carbons (Fsp3) is 0.130. The molecule has 0 spiro atoms. The van der Waals surface area contributed by atoms with E-state index in [1.807, 2.05) is 53.1 Å². The standard InChI is InChI=1S/C23H18ClN3O2/c24-19-10-20-21(11-22(19)29-15-18-4-2-1-3-5-18)27(23(14-28)26-20)13-17-8-6-16(12-25)7-9-17/h1-11,28H,13-15H2. The van der Waals surface area contributed by atoms with Gasteiger partial charge in [0.25, 0.3) is 0 Å². The number of hydrogen-bond acceptors (Lipinski definition) is 4. The SMILES string of the molecule is N#Cc1ccc(Cn2c(CO)nc3cc(Cl)c(OCc4ccccc4)cc32)cc1. The maximum atomic E-state index is 9.78. The fourth-order valence-electron chi connectivity index (χ4n) is 3.19. The van der Waals surface area contributed by atoms with Gasteiger partial charge in [0.1, 0.15) is 24.8 Å². The Bertz CT molecular complexity index is 1180. The highest BCUT2D eigenvalue weighted by Gasteiger charge is 2.14. The number of nitriles is 1. The zero-order valence-electron chi connectivity index (χ0n) is 15.5. The zero-order valence-corrected chi connectivity index (χ0v) is 16.3. The Morgan fingerprint density at radius 2 is 1.79 bits per heavy atom. The number of ether oxygens (including phenoxy) is 1. The summed E-state index contributed by atoms with van der Waals surface area (Å²) in [5.74, 6) is 1.11. The molecule has 3 aromatic carbocycles. The highest BCUT2D eigenvalue weighted by molar-refractivity contribution is 6.32. The molecular formula is C23H18ClN3O2. The van der Waals surface area contributed by atoms with Gasteiger partial charge in [-0.25, -0.2) is 4.98 Å². The van der Waals surface area contributed by atoms with Crippen LogP contribution in [0.25, 0.3) is 11.0 Å². The summed E-state index contributed by atoms with van der Waals surface area (Å²) in [6, 6.07) is 22.9. The number of hydrogen-bond donors (Lipinski definition) is 1. The minimum absolute atomic E-state index is 0.192. The minimum atomic E-state index is -0.192. The average molecular weight is 404 g/mol. The van der Waals surface area contributed by atoms with Gasteiger partial charge in [-0.1, -0.05) is 54.1 Å². The molecule has 0 aliphatic heterocycles. The Labute approximate surface area is 173 Å². The predicted octanol–water partition coefficient (Wildman–Crippen LogP) is 4.68. The first-order chi connectivity index (χ1) is 14.2. The van der Waals surface area contributed by atoms with Gasteiger partial charge in [-0.3, -0.25) is 0 Å². The first-order valence-electron chi connectivity index (χ1n) is 9.13. The van der Waals surface area contributed by atoms with Crippen LogP contribution in [0.3, 0.4) is 0 Å². The summed E-state index contributed by atoms with van der Waals surface area (Å²) in [5, 5.41) is 19.2. The van der Waals surface area contributed by atoms with Gasteiger partial charge >= 0.3 is 0 Å². The van der Waals surface area contributed by atoms with E-state index in [1.165, 1.54) is 0 Å². The normalized spacial score (nSPS) is 10.8. The van der Waals surface area contributed by atoms with E-state index in [0.29, 0.717) is 40.8 Å². The van der Waals surface area contributed by atoms with Crippen LogP contribution in [0.4, 0.5) is 0 Å². The second-order valence-corrected chi connectivity index (χ2v) is 7.03. The third-order valence-corrected chi connectivity index (χ3v) is 4.98. The number of imidazole rings is 1. The molecule has 0 fully saturated rings. The molecule has 4 rings (SSSR count). The quantitative estimate of drug-likeness (QED) is 0.507. The summed E-state index contributed by atoms with van der Waals surface area (Å²) in [7, 11) is 0. The van der Waals surface area contributed by atoms with E-state index in [2.05, 4.69) is 11.1 Å². The number of fused-ring (bicyclic) bond motifs is 1. The number of aliphatic hydroxyl groups excluding tert-OH is 1. The largest absolute Gasteiger partial charge is 0.487 e. The van der Waals surface area contributed by atoms with Crippen molar-refractivity contribution in [2.75, 3.05) is 0 Å². The van der Waals surface area contributed by atoms with E-state index in [9.17, 15) is 5.11 Å². The molecule has 4 aromatic rings. The summed E-state index contributed by atoms with van der Waals surface area (Å²) in [5.41, 5.74) is 4.17.